The molecule has 0 saturated carbocycles. The molecular weight excluding hydrogens is 813 g/mol. The maximum atomic E-state index is 4.89. The van der Waals surface area contributed by atoms with Gasteiger partial charge in [0.2, 0.25) is 0 Å². The van der Waals surface area contributed by atoms with Crippen molar-refractivity contribution < 1.29 is 0 Å². The van der Waals surface area contributed by atoms with Gasteiger partial charge >= 0.3 is 0 Å². The second kappa shape index (κ2) is 17.5. The van der Waals surface area contributed by atoms with Gasteiger partial charge < -0.3 is 0 Å². The highest BCUT2D eigenvalue weighted by Crippen LogP contribution is 2.37. The van der Waals surface area contributed by atoms with Crippen LogP contribution in [-0.2, 0) is 0 Å². The van der Waals surface area contributed by atoms with E-state index < -0.39 is 0 Å². The summed E-state index contributed by atoms with van der Waals surface area (Å²) in [5.41, 5.74) is 16.2. The van der Waals surface area contributed by atoms with E-state index in [0.717, 1.165) is 32.3 Å². The third kappa shape index (κ3) is 8.53. The van der Waals surface area contributed by atoms with Gasteiger partial charge in [-0.15, -0.1) is 22.7 Å². The molecule has 11 aromatic rings. The Balaban J connectivity index is 0.789. The van der Waals surface area contributed by atoms with Crippen LogP contribution in [0.15, 0.2) is 241 Å². The first kappa shape index (κ1) is 39.1. The molecule has 2 aromatic heterocycles. The zero-order chi connectivity index (χ0) is 42.7. The van der Waals surface area contributed by atoms with Crippen LogP contribution < -0.4 is 0 Å². The Morgan fingerprint density at radius 2 is 0.516 bits per heavy atom. The Labute approximate surface area is 381 Å². The van der Waals surface area contributed by atoms with E-state index in [1.807, 2.05) is 12.4 Å². The fourth-order valence-electron chi connectivity index (χ4n) is 8.27. The van der Waals surface area contributed by atoms with Crippen LogP contribution in [0.3, 0.4) is 0 Å². The van der Waals surface area contributed by atoms with Crippen LogP contribution in [0.2, 0.25) is 0 Å². The molecule has 2 heterocycles. The minimum atomic E-state index is 0.928. The topological polar surface area (TPSA) is 24.7 Å². The molecule has 0 fully saturated rings. The number of fused-ring (bicyclic) bond motifs is 2. The van der Waals surface area contributed by atoms with Crippen molar-refractivity contribution >= 4 is 66.6 Å². The molecule has 0 bridgehead atoms. The molecule has 2 nitrogen and oxygen atoms in total. The van der Waals surface area contributed by atoms with Crippen molar-refractivity contribution in [2.75, 3.05) is 0 Å². The summed E-state index contributed by atoms with van der Waals surface area (Å²) in [4.78, 5) is 12.0. The molecule has 11 rings (SSSR count). The standard InChI is InChI=1S/C60H40N2S2/c1-5-13-41(14-6-1)47-29-48(42-15-7-2-8-16-42)32-51(31-47)45-21-25-55(26-22-45)61-39-57-35-53-37-60-54(38-59(53)63-57)36-58(64-60)40-62-56-27-23-46(24-28-56)52-33-49(43-17-9-3-10-18-43)30-50(34-52)44-19-11-4-12-20-44/h1-40H. The van der Waals surface area contributed by atoms with E-state index in [1.54, 1.807) is 22.7 Å². The second-order valence-electron chi connectivity index (χ2n) is 15.9. The van der Waals surface area contributed by atoms with Gasteiger partial charge in [-0.25, -0.2) is 0 Å². The van der Waals surface area contributed by atoms with Crippen LogP contribution in [0, 0.1) is 0 Å². The molecule has 0 unspecified atom stereocenters. The number of aliphatic imine (C=N–C) groups is 2. The molecule has 0 amide bonds. The summed E-state index contributed by atoms with van der Waals surface area (Å²) in [6, 6.07) is 82.3. The zero-order valence-electron chi connectivity index (χ0n) is 34.8. The smallest absolute Gasteiger partial charge is 0.0630 e. The van der Waals surface area contributed by atoms with Gasteiger partial charge in [-0.1, -0.05) is 146 Å². The molecule has 0 aliphatic heterocycles. The van der Waals surface area contributed by atoms with Crippen LogP contribution >= 0.6 is 22.7 Å². The van der Waals surface area contributed by atoms with Crippen LogP contribution in [0.5, 0.6) is 0 Å². The largest absolute Gasteiger partial charge is 0.255 e. The van der Waals surface area contributed by atoms with Gasteiger partial charge in [-0.2, -0.15) is 0 Å². The Hall–Kier alpha value is -7.76. The van der Waals surface area contributed by atoms with Gasteiger partial charge in [0.1, 0.15) is 0 Å². The lowest BCUT2D eigenvalue weighted by Crippen LogP contribution is -1.86. The molecule has 0 aliphatic carbocycles. The van der Waals surface area contributed by atoms with Crippen LogP contribution in [0.4, 0.5) is 11.4 Å². The van der Waals surface area contributed by atoms with Gasteiger partial charge in [-0.05, 0) is 162 Å². The molecule has 64 heavy (non-hydrogen) atoms. The first-order valence-corrected chi connectivity index (χ1v) is 23.0. The summed E-state index contributed by atoms with van der Waals surface area (Å²) in [7, 11) is 0. The van der Waals surface area contributed by atoms with Crippen molar-refractivity contribution in [2.24, 2.45) is 9.98 Å². The van der Waals surface area contributed by atoms with Crippen molar-refractivity contribution in [1.82, 2.24) is 0 Å². The predicted molar refractivity (Wildman–Crippen MR) is 277 cm³/mol. The summed E-state index contributed by atoms with van der Waals surface area (Å²) in [6.45, 7) is 0. The molecule has 302 valence electrons. The van der Waals surface area contributed by atoms with Crippen LogP contribution in [-0.4, -0.2) is 12.4 Å². The van der Waals surface area contributed by atoms with Gasteiger partial charge in [0, 0.05) is 31.6 Å². The third-order valence-electron chi connectivity index (χ3n) is 11.6. The number of nitrogens with zero attached hydrogens (tertiary/aromatic N) is 2. The maximum Gasteiger partial charge on any atom is 0.0630 e. The summed E-state index contributed by atoms with van der Waals surface area (Å²) < 4.78 is 2.50. The summed E-state index contributed by atoms with van der Waals surface area (Å²) in [5.74, 6) is 0. The number of rotatable bonds is 10. The maximum absolute atomic E-state index is 4.89. The Bertz CT molecular complexity index is 3040. The first-order valence-electron chi connectivity index (χ1n) is 21.4. The van der Waals surface area contributed by atoms with Crippen molar-refractivity contribution in [2.45, 2.75) is 0 Å². The molecule has 0 radical (unpaired) electrons. The molecule has 0 aliphatic rings. The zero-order valence-corrected chi connectivity index (χ0v) is 36.4. The Morgan fingerprint density at radius 1 is 0.250 bits per heavy atom. The Morgan fingerprint density at radius 3 is 0.797 bits per heavy atom. The average molecular weight is 853 g/mol. The van der Waals surface area contributed by atoms with Crippen molar-refractivity contribution in [3.05, 3.63) is 240 Å². The fraction of sp³-hybridized carbons (Fsp3) is 0. The number of hydrogen-bond acceptors (Lipinski definition) is 4. The van der Waals surface area contributed by atoms with Crippen molar-refractivity contribution in [3.8, 4) is 66.8 Å². The van der Waals surface area contributed by atoms with Crippen molar-refractivity contribution in [1.29, 1.82) is 0 Å². The molecule has 0 saturated heterocycles. The Kier molecular flexibility index (Phi) is 10.7. The van der Waals surface area contributed by atoms with E-state index in [1.165, 1.54) is 75.8 Å². The van der Waals surface area contributed by atoms with E-state index >= 15 is 0 Å². The lowest BCUT2D eigenvalue weighted by molar-refractivity contribution is 1.52. The molecule has 4 heteroatoms. The first-order chi connectivity index (χ1) is 31.6. The lowest BCUT2D eigenvalue weighted by atomic mass is 9.93. The number of thiophene rings is 2. The summed E-state index contributed by atoms with van der Waals surface area (Å²) in [5, 5.41) is 2.46. The molecule has 0 N–H and O–H groups in total. The molecule has 0 atom stereocenters. The molecule has 0 spiro atoms. The van der Waals surface area contributed by atoms with Gasteiger partial charge in [0.15, 0.2) is 0 Å². The van der Waals surface area contributed by atoms with E-state index in [0.29, 0.717) is 0 Å². The van der Waals surface area contributed by atoms with Crippen molar-refractivity contribution in [3.63, 3.8) is 0 Å². The van der Waals surface area contributed by atoms with Gasteiger partial charge in [0.25, 0.3) is 0 Å². The third-order valence-corrected chi connectivity index (χ3v) is 13.6. The lowest BCUT2D eigenvalue weighted by Gasteiger charge is -2.11. The quantitative estimate of drug-likeness (QED) is 0.122. The normalized spacial score (nSPS) is 11.6. The van der Waals surface area contributed by atoms with Gasteiger partial charge in [0.05, 0.1) is 11.4 Å². The molecule has 9 aromatic carbocycles. The van der Waals surface area contributed by atoms with E-state index in [-0.39, 0.29) is 0 Å². The monoisotopic (exact) mass is 852 g/mol. The van der Waals surface area contributed by atoms with E-state index in [4.69, 9.17) is 9.98 Å². The minimum Gasteiger partial charge on any atom is -0.255 e. The van der Waals surface area contributed by atoms with E-state index in [9.17, 15) is 0 Å². The summed E-state index contributed by atoms with van der Waals surface area (Å²) >= 11 is 3.54. The number of benzene rings is 9. The highest BCUT2D eigenvalue weighted by molar-refractivity contribution is 7.22. The predicted octanol–water partition coefficient (Wildman–Crippen LogP) is 17.6. The molecular formula is C60H40N2S2. The highest BCUT2D eigenvalue weighted by atomic mass is 32.1. The number of hydrogen-bond donors (Lipinski definition) is 0. The van der Waals surface area contributed by atoms with Crippen LogP contribution in [0.25, 0.3) is 86.9 Å². The SMILES string of the molecule is C(=Nc1ccc(-c2cc(-c3ccccc3)cc(-c3ccccc3)c2)cc1)c1cc2cc3sc(C=Nc4ccc(-c5cc(-c6ccccc6)cc(-c6ccccc6)c5)cc4)cc3cc2s1. The fourth-order valence-corrected chi connectivity index (χ4v) is 10.2. The minimum absolute atomic E-state index is 0.928. The highest BCUT2D eigenvalue weighted by Gasteiger charge is 2.11. The summed E-state index contributed by atoms with van der Waals surface area (Å²) in [6.07, 6.45) is 3.98. The second-order valence-corrected chi connectivity index (χ2v) is 18.1. The average Bonchev–Trinajstić information content (AvgIpc) is 3.97. The van der Waals surface area contributed by atoms with Gasteiger partial charge in [-0.3, -0.25) is 9.98 Å². The van der Waals surface area contributed by atoms with E-state index in [2.05, 4.69) is 231 Å². The van der Waals surface area contributed by atoms with Crippen LogP contribution in [0.1, 0.15) is 9.75 Å².